The third-order valence-corrected chi connectivity index (χ3v) is 2.76. The maximum absolute atomic E-state index is 11.2. The smallest absolute Gasteiger partial charge is 0.307 e. The monoisotopic (exact) mass is 270 g/mol. The minimum Gasteiger partial charge on any atom is -0.469 e. The summed E-state index contributed by atoms with van der Waals surface area (Å²) < 4.78 is 6.28. The molecule has 0 radical (unpaired) electrons. The van der Waals surface area contributed by atoms with Gasteiger partial charge >= 0.3 is 5.97 Å². The number of esters is 1. The first-order valence-corrected chi connectivity index (χ1v) is 5.94. The van der Waals surface area contributed by atoms with E-state index in [-0.39, 0.29) is 23.4 Å². The predicted molar refractivity (Wildman–Crippen MR) is 73.6 cm³/mol. The van der Waals surface area contributed by atoms with Gasteiger partial charge in [-0.1, -0.05) is 12.2 Å². The summed E-state index contributed by atoms with van der Waals surface area (Å²) >= 11 is 5.01. The number of carbonyl (C=O) groups is 1. The van der Waals surface area contributed by atoms with Crippen LogP contribution in [-0.4, -0.2) is 33.9 Å². The van der Waals surface area contributed by atoms with Gasteiger partial charge in [0.25, 0.3) is 0 Å². The van der Waals surface area contributed by atoms with Gasteiger partial charge in [0, 0.05) is 13.1 Å². The number of anilines is 1. The lowest BCUT2D eigenvalue weighted by Crippen LogP contribution is -2.24. The summed E-state index contributed by atoms with van der Waals surface area (Å²) in [5.74, 6) is 0.446. The molecule has 1 unspecified atom stereocenters. The molecule has 1 heterocycles. The molecule has 1 atom stereocenters. The van der Waals surface area contributed by atoms with Gasteiger partial charge in [0.1, 0.15) is 10.8 Å². The zero-order valence-corrected chi connectivity index (χ0v) is 11.8. The minimum absolute atomic E-state index is 0.0969. The van der Waals surface area contributed by atoms with Crippen LogP contribution in [0.15, 0.2) is 0 Å². The predicted octanol–water partition coefficient (Wildman–Crippen LogP) is 0.726. The normalized spacial score (nSPS) is 12.0. The fourth-order valence-corrected chi connectivity index (χ4v) is 1.98. The number of ether oxygens (including phenoxy) is 1. The highest BCUT2D eigenvalue weighted by molar-refractivity contribution is 7.80. The Morgan fingerprint density at radius 1 is 1.67 bits per heavy atom. The number of hydrogen-bond donors (Lipinski definition) is 2. The fourth-order valence-electron chi connectivity index (χ4n) is 1.74. The molecule has 0 amide bonds. The van der Waals surface area contributed by atoms with Crippen LogP contribution in [-0.2, 0) is 16.6 Å². The highest BCUT2D eigenvalue weighted by Gasteiger charge is 2.18. The highest BCUT2D eigenvalue weighted by atomic mass is 32.1. The topological polar surface area (TPSA) is 82.2 Å². The van der Waals surface area contributed by atoms with Crippen LogP contribution < -0.4 is 11.1 Å². The van der Waals surface area contributed by atoms with E-state index in [0.717, 1.165) is 11.5 Å². The average Bonchev–Trinajstić information content (AvgIpc) is 2.53. The molecule has 0 bridgehead atoms. The Morgan fingerprint density at radius 2 is 2.28 bits per heavy atom. The molecule has 1 aromatic heterocycles. The van der Waals surface area contributed by atoms with Crippen LogP contribution in [0, 0.1) is 6.92 Å². The summed E-state index contributed by atoms with van der Waals surface area (Å²) in [7, 11) is 3.16. The first-order chi connectivity index (χ1) is 8.36. The van der Waals surface area contributed by atoms with Crippen LogP contribution in [0.1, 0.15) is 24.6 Å². The van der Waals surface area contributed by atoms with Crippen molar-refractivity contribution in [2.45, 2.75) is 26.3 Å². The van der Waals surface area contributed by atoms with Crippen molar-refractivity contribution in [3.05, 3.63) is 11.3 Å². The molecule has 0 saturated carbocycles. The number of thiocarbonyl (C=S) groups is 1. The second kappa shape index (κ2) is 5.81. The second-order valence-electron chi connectivity index (χ2n) is 4.12. The van der Waals surface area contributed by atoms with Crippen LogP contribution in [0.3, 0.4) is 0 Å². The minimum atomic E-state index is -0.272. The summed E-state index contributed by atoms with van der Waals surface area (Å²) in [5.41, 5.74) is 7.15. The summed E-state index contributed by atoms with van der Waals surface area (Å²) in [6.45, 7) is 3.72. The molecule has 0 fully saturated rings. The number of aryl methyl sites for hydroxylation is 2. The van der Waals surface area contributed by atoms with Gasteiger partial charge in [0.2, 0.25) is 0 Å². The van der Waals surface area contributed by atoms with E-state index < -0.39 is 0 Å². The Balaban J connectivity index is 2.90. The van der Waals surface area contributed by atoms with E-state index in [4.69, 9.17) is 18.0 Å². The van der Waals surface area contributed by atoms with Gasteiger partial charge in [-0.15, -0.1) is 0 Å². The van der Waals surface area contributed by atoms with Crippen LogP contribution >= 0.6 is 12.2 Å². The Hall–Kier alpha value is -1.63. The number of hydrogen-bond acceptors (Lipinski definition) is 5. The molecule has 6 nitrogen and oxygen atoms in total. The van der Waals surface area contributed by atoms with Crippen molar-refractivity contribution in [1.82, 2.24) is 9.78 Å². The number of rotatable bonds is 5. The standard InChI is InChI=1S/C11H18N4O2S/c1-6(5-8(16)17-4)13-11-9(10(12)18)7(2)14-15(11)3/h6,13H,5H2,1-4H3,(H2,12,18). The van der Waals surface area contributed by atoms with Gasteiger partial charge in [-0.2, -0.15) is 5.10 Å². The maximum atomic E-state index is 11.2. The molecule has 0 aliphatic rings. The number of carbonyl (C=O) groups excluding carboxylic acids is 1. The van der Waals surface area contributed by atoms with E-state index >= 15 is 0 Å². The van der Waals surface area contributed by atoms with Crippen molar-refractivity contribution in [2.24, 2.45) is 12.8 Å². The third kappa shape index (κ3) is 3.19. The number of nitrogens with zero attached hydrogens (tertiary/aromatic N) is 2. The zero-order chi connectivity index (χ0) is 13.9. The van der Waals surface area contributed by atoms with Gasteiger partial charge in [-0.3, -0.25) is 9.48 Å². The molecule has 0 spiro atoms. The van der Waals surface area contributed by atoms with Crippen LogP contribution in [0.25, 0.3) is 0 Å². The van der Waals surface area contributed by atoms with Crippen LogP contribution in [0.5, 0.6) is 0 Å². The molecule has 3 N–H and O–H groups in total. The first kappa shape index (κ1) is 14.4. The summed E-state index contributed by atoms with van der Waals surface area (Å²) in [6, 6.07) is -0.0969. The number of nitrogens with two attached hydrogens (primary N) is 1. The lowest BCUT2D eigenvalue weighted by molar-refractivity contribution is -0.140. The van der Waals surface area contributed by atoms with E-state index in [1.807, 2.05) is 13.8 Å². The largest absolute Gasteiger partial charge is 0.469 e. The summed E-state index contributed by atoms with van der Waals surface area (Å²) in [5, 5.41) is 7.43. The summed E-state index contributed by atoms with van der Waals surface area (Å²) in [6.07, 6.45) is 0.261. The third-order valence-electron chi connectivity index (χ3n) is 2.55. The first-order valence-electron chi connectivity index (χ1n) is 5.53. The zero-order valence-electron chi connectivity index (χ0n) is 11.0. The molecule has 0 saturated heterocycles. The Kier molecular flexibility index (Phi) is 4.66. The molecule has 7 heteroatoms. The van der Waals surface area contributed by atoms with E-state index in [9.17, 15) is 4.79 Å². The van der Waals surface area contributed by atoms with Crippen molar-refractivity contribution in [3.8, 4) is 0 Å². The average molecular weight is 270 g/mol. The molecule has 1 rings (SSSR count). The van der Waals surface area contributed by atoms with Crippen LogP contribution in [0.4, 0.5) is 5.82 Å². The van der Waals surface area contributed by atoms with Gasteiger partial charge < -0.3 is 15.8 Å². The number of nitrogens with one attached hydrogen (secondary N) is 1. The van der Waals surface area contributed by atoms with Gasteiger partial charge in [0.15, 0.2) is 0 Å². The lowest BCUT2D eigenvalue weighted by Gasteiger charge is -2.15. The number of methoxy groups -OCH3 is 1. The molecule has 100 valence electrons. The Bertz CT molecular complexity index is 470. The molecule has 18 heavy (non-hydrogen) atoms. The van der Waals surface area contributed by atoms with Crippen molar-refractivity contribution < 1.29 is 9.53 Å². The van der Waals surface area contributed by atoms with Crippen molar-refractivity contribution in [3.63, 3.8) is 0 Å². The molecule has 0 aromatic carbocycles. The van der Waals surface area contributed by atoms with Crippen molar-refractivity contribution in [2.75, 3.05) is 12.4 Å². The Morgan fingerprint density at radius 3 is 2.78 bits per heavy atom. The van der Waals surface area contributed by atoms with E-state index in [2.05, 4.69) is 15.2 Å². The molecular formula is C11H18N4O2S. The molecule has 0 aliphatic heterocycles. The highest BCUT2D eigenvalue weighted by Crippen LogP contribution is 2.20. The molecule has 1 aromatic rings. The van der Waals surface area contributed by atoms with Crippen LogP contribution in [0.2, 0.25) is 0 Å². The number of aromatic nitrogens is 2. The summed E-state index contributed by atoms with van der Waals surface area (Å²) in [4.78, 5) is 11.5. The van der Waals surface area contributed by atoms with E-state index in [0.29, 0.717) is 5.56 Å². The lowest BCUT2D eigenvalue weighted by atomic mass is 10.2. The van der Waals surface area contributed by atoms with Crippen molar-refractivity contribution in [1.29, 1.82) is 0 Å². The van der Waals surface area contributed by atoms with E-state index in [1.54, 1.807) is 11.7 Å². The van der Waals surface area contributed by atoms with Crippen molar-refractivity contribution >= 4 is 29.0 Å². The second-order valence-corrected chi connectivity index (χ2v) is 4.56. The van der Waals surface area contributed by atoms with Gasteiger partial charge in [-0.25, -0.2) is 0 Å². The molecular weight excluding hydrogens is 252 g/mol. The van der Waals surface area contributed by atoms with Gasteiger partial charge in [0.05, 0.1) is 24.8 Å². The Labute approximate surface area is 111 Å². The van der Waals surface area contributed by atoms with E-state index in [1.165, 1.54) is 7.11 Å². The SMILES string of the molecule is COC(=O)CC(C)Nc1c(C(N)=S)c(C)nn1C. The van der Waals surface area contributed by atoms with Gasteiger partial charge in [-0.05, 0) is 13.8 Å². The molecule has 0 aliphatic carbocycles. The maximum Gasteiger partial charge on any atom is 0.307 e. The quantitative estimate of drug-likeness (QED) is 0.606. The fraction of sp³-hybridized carbons (Fsp3) is 0.545.